The molecule has 0 aromatic heterocycles. The van der Waals surface area contributed by atoms with Gasteiger partial charge in [0.2, 0.25) is 5.91 Å². The van der Waals surface area contributed by atoms with Gasteiger partial charge in [0.05, 0.1) is 22.5 Å². The largest absolute Gasteiger partial charge is 0.399 e. The first kappa shape index (κ1) is 17.0. The lowest BCUT2D eigenvalue weighted by Gasteiger charge is -2.24. The number of hydrogen-bond donors (Lipinski definition) is 3. The Labute approximate surface area is 150 Å². The van der Waals surface area contributed by atoms with Crippen molar-refractivity contribution in [1.82, 2.24) is 0 Å². The number of carbonyl (C=O) groups excluding carboxylic acids is 2. The van der Waals surface area contributed by atoms with E-state index in [1.165, 1.54) is 11.0 Å². The zero-order valence-corrected chi connectivity index (χ0v) is 13.9. The van der Waals surface area contributed by atoms with Crippen LogP contribution in [0.3, 0.4) is 0 Å². The summed E-state index contributed by atoms with van der Waals surface area (Å²) < 4.78 is 0. The van der Waals surface area contributed by atoms with Gasteiger partial charge in [0, 0.05) is 11.4 Å². The molecule has 26 heavy (non-hydrogen) atoms. The minimum atomic E-state index is -0.672. The number of carbonyl (C=O) groups is 2. The van der Waals surface area contributed by atoms with E-state index in [9.17, 15) is 9.59 Å². The summed E-state index contributed by atoms with van der Waals surface area (Å²) in [6.07, 6.45) is 0. The summed E-state index contributed by atoms with van der Waals surface area (Å²) in [4.78, 5) is 26.5. The number of nitrogen functional groups attached to an aromatic ring is 2. The Balaban J connectivity index is 2.18. The Morgan fingerprint density at radius 3 is 1.65 bits per heavy atom. The topological polar surface area (TPSA) is 115 Å². The fraction of sp³-hybridized carbons (Fsp3) is 0. The highest BCUT2D eigenvalue weighted by molar-refractivity contribution is 6.16. The molecule has 3 aromatic rings. The predicted octanol–water partition coefficient (Wildman–Crippen LogP) is 2.93. The fourth-order valence-corrected chi connectivity index (χ4v) is 2.72. The first-order valence-electron chi connectivity index (χ1n) is 7.92. The summed E-state index contributed by atoms with van der Waals surface area (Å²) in [7, 11) is 0. The molecule has 6 heteroatoms. The summed E-state index contributed by atoms with van der Waals surface area (Å²) in [6, 6.07) is 20.2. The van der Waals surface area contributed by atoms with Crippen LogP contribution in [0.25, 0.3) is 0 Å². The highest BCUT2D eigenvalue weighted by Gasteiger charge is 2.24. The summed E-state index contributed by atoms with van der Waals surface area (Å²) in [6.45, 7) is 0. The standard InChI is InChI=1S/C20H18N4O2/c21-13-5-3-7-15(11-13)24(16-8-4-6-14(22)12-16)20(26)18-10-2-1-9-17(18)19(23)25/h1-12H,21-22H2,(H2,23,25). The molecule has 0 aliphatic heterocycles. The van der Waals surface area contributed by atoms with Crippen LogP contribution in [0.1, 0.15) is 20.7 Å². The molecule has 3 aromatic carbocycles. The van der Waals surface area contributed by atoms with Gasteiger partial charge < -0.3 is 17.2 Å². The van der Waals surface area contributed by atoms with Crippen LogP contribution in [0.5, 0.6) is 0 Å². The van der Waals surface area contributed by atoms with Crippen LogP contribution < -0.4 is 22.1 Å². The number of rotatable bonds is 4. The van der Waals surface area contributed by atoms with E-state index in [4.69, 9.17) is 17.2 Å². The Morgan fingerprint density at radius 2 is 1.19 bits per heavy atom. The Morgan fingerprint density at radius 1 is 0.692 bits per heavy atom. The van der Waals surface area contributed by atoms with E-state index >= 15 is 0 Å². The molecule has 6 N–H and O–H groups in total. The normalized spacial score (nSPS) is 10.3. The molecule has 0 atom stereocenters. The maximum Gasteiger partial charge on any atom is 0.263 e. The quantitative estimate of drug-likeness (QED) is 0.630. The van der Waals surface area contributed by atoms with Crippen molar-refractivity contribution in [1.29, 1.82) is 0 Å². The molecule has 0 aliphatic rings. The number of benzene rings is 3. The van der Waals surface area contributed by atoms with Crippen molar-refractivity contribution in [2.75, 3.05) is 16.4 Å². The second-order valence-corrected chi connectivity index (χ2v) is 5.74. The number of anilines is 4. The van der Waals surface area contributed by atoms with Gasteiger partial charge in [-0.2, -0.15) is 0 Å². The van der Waals surface area contributed by atoms with Gasteiger partial charge in [0.1, 0.15) is 0 Å². The van der Waals surface area contributed by atoms with Gasteiger partial charge in [-0.1, -0.05) is 24.3 Å². The molecule has 0 heterocycles. The molecule has 0 aliphatic carbocycles. The maximum absolute atomic E-state index is 13.3. The van der Waals surface area contributed by atoms with E-state index in [0.29, 0.717) is 22.7 Å². The zero-order chi connectivity index (χ0) is 18.7. The van der Waals surface area contributed by atoms with Crippen molar-refractivity contribution in [3.05, 3.63) is 83.9 Å². The van der Waals surface area contributed by atoms with E-state index < -0.39 is 11.8 Å². The first-order valence-corrected chi connectivity index (χ1v) is 7.92. The molecule has 0 saturated heterocycles. The van der Waals surface area contributed by atoms with Gasteiger partial charge in [0.25, 0.3) is 5.91 Å². The molecular weight excluding hydrogens is 328 g/mol. The van der Waals surface area contributed by atoms with Crippen molar-refractivity contribution in [2.45, 2.75) is 0 Å². The zero-order valence-electron chi connectivity index (χ0n) is 13.9. The first-order chi connectivity index (χ1) is 12.5. The van der Waals surface area contributed by atoms with Gasteiger partial charge in [-0.15, -0.1) is 0 Å². The van der Waals surface area contributed by atoms with Crippen molar-refractivity contribution in [2.24, 2.45) is 5.73 Å². The molecule has 0 radical (unpaired) electrons. The summed E-state index contributed by atoms with van der Waals surface area (Å²) >= 11 is 0. The average molecular weight is 346 g/mol. The van der Waals surface area contributed by atoms with Crippen LogP contribution in [0.2, 0.25) is 0 Å². The lowest BCUT2D eigenvalue weighted by Crippen LogP contribution is -2.29. The Kier molecular flexibility index (Phi) is 4.57. The number of amides is 2. The predicted molar refractivity (Wildman–Crippen MR) is 103 cm³/mol. The Hall–Kier alpha value is -3.80. The van der Waals surface area contributed by atoms with E-state index in [0.717, 1.165) is 0 Å². The number of nitrogens with two attached hydrogens (primary N) is 3. The monoisotopic (exact) mass is 346 g/mol. The number of hydrogen-bond acceptors (Lipinski definition) is 4. The second kappa shape index (κ2) is 6.98. The van der Waals surface area contributed by atoms with E-state index in [1.807, 2.05) is 0 Å². The van der Waals surface area contributed by atoms with Crippen molar-refractivity contribution in [3.63, 3.8) is 0 Å². The van der Waals surface area contributed by atoms with Gasteiger partial charge in [-0.3, -0.25) is 14.5 Å². The van der Waals surface area contributed by atoms with Crippen LogP contribution in [0.4, 0.5) is 22.7 Å². The molecule has 0 saturated carbocycles. The van der Waals surface area contributed by atoms with Gasteiger partial charge in [-0.05, 0) is 48.5 Å². The third kappa shape index (κ3) is 3.34. The van der Waals surface area contributed by atoms with Gasteiger partial charge in [0.15, 0.2) is 0 Å². The smallest absolute Gasteiger partial charge is 0.263 e. The van der Waals surface area contributed by atoms with Crippen molar-refractivity contribution < 1.29 is 9.59 Å². The molecule has 3 rings (SSSR count). The van der Waals surface area contributed by atoms with Crippen LogP contribution in [-0.4, -0.2) is 11.8 Å². The SMILES string of the molecule is NC(=O)c1ccccc1C(=O)N(c1cccc(N)c1)c1cccc(N)c1. The highest BCUT2D eigenvalue weighted by Crippen LogP contribution is 2.30. The number of nitrogens with zero attached hydrogens (tertiary/aromatic N) is 1. The summed E-state index contributed by atoms with van der Waals surface area (Å²) in [5.41, 5.74) is 19.7. The minimum absolute atomic E-state index is 0.148. The van der Waals surface area contributed by atoms with Crippen LogP contribution in [0.15, 0.2) is 72.8 Å². The summed E-state index contributed by atoms with van der Waals surface area (Å²) in [5, 5.41) is 0. The number of primary amides is 1. The van der Waals surface area contributed by atoms with Gasteiger partial charge >= 0.3 is 0 Å². The van der Waals surface area contributed by atoms with E-state index in [-0.39, 0.29) is 11.1 Å². The second-order valence-electron chi connectivity index (χ2n) is 5.74. The third-order valence-corrected chi connectivity index (χ3v) is 3.88. The Bertz CT molecular complexity index is 939. The van der Waals surface area contributed by atoms with Crippen LogP contribution in [-0.2, 0) is 0 Å². The average Bonchev–Trinajstić information content (AvgIpc) is 2.62. The molecule has 130 valence electrons. The van der Waals surface area contributed by atoms with E-state index in [2.05, 4.69) is 0 Å². The highest BCUT2D eigenvalue weighted by atomic mass is 16.2. The van der Waals surface area contributed by atoms with Crippen LogP contribution >= 0.6 is 0 Å². The van der Waals surface area contributed by atoms with Gasteiger partial charge in [-0.25, -0.2) is 0 Å². The van der Waals surface area contributed by atoms with Crippen molar-refractivity contribution >= 4 is 34.6 Å². The van der Waals surface area contributed by atoms with Crippen LogP contribution in [0, 0.1) is 0 Å². The molecule has 0 spiro atoms. The summed E-state index contributed by atoms with van der Waals surface area (Å²) in [5.74, 6) is -1.08. The maximum atomic E-state index is 13.3. The molecule has 0 bridgehead atoms. The lowest BCUT2D eigenvalue weighted by atomic mass is 10.0. The lowest BCUT2D eigenvalue weighted by molar-refractivity contribution is 0.0967. The molecular formula is C20H18N4O2. The third-order valence-electron chi connectivity index (χ3n) is 3.88. The molecule has 0 fully saturated rings. The minimum Gasteiger partial charge on any atom is -0.399 e. The fourth-order valence-electron chi connectivity index (χ4n) is 2.72. The molecule has 2 amide bonds. The van der Waals surface area contributed by atoms with Crippen molar-refractivity contribution in [3.8, 4) is 0 Å². The van der Waals surface area contributed by atoms with E-state index in [1.54, 1.807) is 66.7 Å². The molecule has 6 nitrogen and oxygen atoms in total. The molecule has 0 unspecified atom stereocenters.